The van der Waals surface area contributed by atoms with Crippen molar-refractivity contribution in [3.05, 3.63) is 29.6 Å². The van der Waals surface area contributed by atoms with Crippen LogP contribution in [0.15, 0.2) is 18.2 Å². The van der Waals surface area contributed by atoms with Gasteiger partial charge >= 0.3 is 0 Å². The van der Waals surface area contributed by atoms with Gasteiger partial charge in [-0.05, 0) is 23.8 Å². The summed E-state index contributed by atoms with van der Waals surface area (Å²) in [4.78, 5) is 0. The monoisotopic (exact) mass is 154 g/mol. The second-order valence-electron chi connectivity index (χ2n) is 2.30. The molecule has 0 unspecified atom stereocenters. The fraction of sp³-hybridized carbons (Fsp3) is 0.250. The Hall–Kier alpha value is -1.09. The van der Waals surface area contributed by atoms with Crippen LogP contribution in [0, 0.1) is 5.82 Å². The first-order chi connectivity index (χ1) is 5.26. The quantitative estimate of drug-likeness (QED) is 0.674. The Morgan fingerprint density at radius 2 is 2.18 bits per heavy atom. The van der Waals surface area contributed by atoms with Gasteiger partial charge in [-0.3, -0.25) is 0 Å². The average molecular weight is 154 g/mol. The van der Waals surface area contributed by atoms with Gasteiger partial charge in [-0.2, -0.15) is 0 Å². The van der Waals surface area contributed by atoms with Crippen molar-refractivity contribution in [2.24, 2.45) is 5.73 Å². The molecule has 0 bridgehead atoms. The van der Waals surface area contributed by atoms with E-state index in [1.54, 1.807) is 7.05 Å². The SMILES string of the molecule is CNc1cc(F)cc(CN)c1. The van der Waals surface area contributed by atoms with E-state index in [0.29, 0.717) is 6.54 Å². The van der Waals surface area contributed by atoms with Crippen molar-refractivity contribution in [1.29, 1.82) is 0 Å². The lowest BCUT2D eigenvalue weighted by Crippen LogP contribution is -1.98. The van der Waals surface area contributed by atoms with E-state index in [2.05, 4.69) is 5.32 Å². The van der Waals surface area contributed by atoms with E-state index < -0.39 is 0 Å². The summed E-state index contributed by atoms with van der Waals surface area (Å²) in [6, 6.07) is 4.68. The van der Waals surface area contributed by atoms with Gasteiger partial charge in [-0.1, -0.05) is 0 Å². The van der Waals surface area contributed by atoms with Crippen molar-refractivity contribution < 1.29 is 4.39 Å². The Balaban J connectivity index is 3.02. The molecule has 0 atom stereocenters. The topological polar surface area (TPSA) is 38.0 Å². The third-order valence-electron chi connectivity index (χ3n) is 1.48. The van der Waals surface area contributed by atoms with Gasteiger partial charge in [-0.15, -0.1) is 0 Å². The molecular weight excluding hydrogens is 143 g/mol. The molecule has 1 rings (SSSR count). The molecular formula is C8H11FN2. The normalized spacial score (nSPS) is 9.73. The highest BCUT2D eigenvalue weighted by atomic mass is 19.1. The Labute approximate surface area is 65.2 Å². The van der Waals surface area contributed by atoms with Crippen LogP contribution in [0.2, 0.25) is 0 Å². The number of rotatable bonds is 2. The maximum Gasteiger partial charge on any atom is 0.125 e. The zero-order chi connectivity index (χ0) is 8.27. The van der Waals surface area contributed by atoms with Crippen molar-refractivity contribution in [3.63, 3.8) is 0 Å². The molecule has 0 aliphatic heterocycles. The Kier molecular flexibility index (Phi) is 2.44. The van der Waals surface area contributed by atoms with E-state index in [-0.39, 0.29) is 5.82 Å². The number of nitrogens with two attached hydrogens (primary N) is 1. The smallest absolute Gasteiger partial charge is 0.125 e. The highest BCUT2D eigenvalue weighted by Gasteiger charge is 1.96. The molecule has 11 heavy (non-hydrogen) atoms. The van der Waals surface area contributed by atoms with Crippen LogP contribution in [0.5, 0.6) is 0 Å². The molecule has 0 radical (unpaired) electrons. The fourth-order valence-electron chi connectivity index (χ4n) is 0.913. The predicted octanol–water partition coefficient (Wildman–Crippen LogP) is 1.33. The molecule has 2 nitrogen and oxygen atoms in total. The molecule has 0 spiro atoms. The van der Waals surface area contributed by atoms with Gasteiger partial charge < -0.3 is 11.1 Å². The number of halogens is 1. The van der Waals surface area contributed by atoms with Crippen molar-refractivity contribution in [1.82, 2.24) is 0 Å². The lowest BCUT2D eigenvalue weighted by molar-refractivity contribution is 0.626. The lowest BCUT2D eigenvalue weighted by Gasteiger charge is -2.02. The number of hydrogen-bond donors (Lipinski definition) is 2. The second-order valence-corrected chi connectivity index (χ2v) is 2.30. The van der Waals surface area contributed by atoms with Crippen LogP contribution in [0.25, 0.3) is 0 Å². The summed E-state index contributed by atoms with van der Waals surface area (Å²) in [5.41, 5.74) is 6.90. The number of benzene rings is 1. The van der Waals surface area contributed by atoms with E-state index in [1.807, 2.05) is 6.07 Å². The van der Waals surface area contributed by atoms with Crippen molar-refractivity contribution in [2.45, 2.75) is 6.54 Å². The molecule has 1 aromatic rings. The zero-order valence-electron chi connectivity index (χ0n) is 6.39. The summed E-state index contributed by atoms with van der Waals surface area (Å²) in [6.45, 7) is 0.367. The summed E-state index contributed by atoms with van der Waals surface area (Å²) >= 11 is 0. The third kappa shape index (κ3) is 1.91. The van der Waals surface area contributed by atoms with Crippen LogP contribution < -0.4 is 11.1 Å². The summed E-state index contributed by atoms with van der Waals surface area (Å²) in [7, 11) is 1.75. The molecule has 0 aliphatic carbocycles. The minimum absolute atomic E-state index is 0.252. The van der Waals surface area contributed by atoms with E-state index >= 15 is 0 Å². The van der Waals surface area contributed by atoms with Gasteiger partial charge in [0.2, 0.25) is 0 Å². The Morgan fingerprint density at radius 1 is 1.45 bits per heavy atom. The molecule has 3 heteroatoms. The Bertz CT molecular complexity index is 226. The molecule has 0 amide bonds. The summed E-state index contributed by atoms with van der Waals surface area (Å²) in [5, 5.41) is 2.85. The zero-order valence-corrected chi connectivity index (χ0v) is 6.39. The second kappa shape index (κ2) is 3.34. The third-order valence-corrected chi connectivity index (χ3v) is 1.48. The van der Waals surface area contributed by atoms with Crippen LogP contribution in [-0.2, 0) is 6.54 Å². The largest absolute Gasteiger partial charge is 0.388 e. The van der Waals surface area contributed by atoms with E-state index in [9.17, 15) is 4.39 Å². The van der Waals surface area contributed by atoms with E-state index in [1.165, 1.54) is 12.1 Å². The molecule has 0 saturated carbocycles. The molecule has 0 fully saturated rings. The maximum absolute atomic E-state index is 12.7. The Morgan fingerprint density at radius 3 is 2.73 bits per heavy atom. The minimum Gasteiger partial charge on any atom is -0.388 e. The maximum atomic E-state index is 12.7. The standard InChI is InChI=1S/C8H11FN2/c1-11-8-3-6(5-10)2-7(9)4-8/h2-4,11H,5,10H2,1H3. The van der Waals surface area contributed by atoms with Crippen LogP contribution in [0.1, 0.15) is 5.56 Å². The van der Waals surface area contributed by atoms with Gasteiger partial charge in [0.25, 0.3) is 0 Å². The number of anilines is 1. The van der Waals surface area contributed by atoms with Gasteiger partial charge in [0, 0.05) is 19.3 Å². The van der Waals surface area contributed by atoms with Gasteiger partial charge in [-0.25, -0.2) is 4.39 Å². The van der Waals surface area contributed by atoms with Crippen molar-refractivity contribution >= 4 is 5.69 Å². The number of hydrogen-bond acceptors (Lipinski definition) is 2. The fourth-order valence-corrected chi connectivity index (χ4v) is 0.913. The average Bonchev–Trinajstić information content (AvgIpc) is 2.03. The predicted molar refractivity (Wildman–Crippen MR) is 43.8 cm³/mol. The highest BCUT2D eigenvalue weighted by Crippen LogP contribution is 2.12. The van der Waals surface area contributed by atoms with Gasteiger partial charge in [0.1, 0.15) is 5.82 Å². The molecule has 0 aromatic heterocycles. The first-order valence-electron chi connectivity index (χ1n) is 3.43. The van der Waals surface area contributed by atoms with Gasteiger partial charge in [0.15, 0.2) is 0 Å². The van der Waals surface area contributed by atoms with Crippen LogP contribution in [-0.4, -0.2) is 7.05 Å². The van der Waals surface area contributed by atoms with Gasteiger partial charge in [0.05, 0.1) is 0 Å². The van der Waals surface area contributed by atoms with Crippen molar-refractivity contribution in [3.8, 4) is 0 Å². The first kappa shape index (κ1) is 8.01. The summed E-state index contributed by atoms with van der Waals surface area (Å²) in [5.74, 6) is -0.252. The highest BCUT2D eigenvalue weighted by molar-refractivity contribution is 5.45. The lowest BCUT2D eigenvalue weighted by atomic mass is 10.2. The first-order valence-corrected chi connectivity index (χ1v) is 3.43. The van der Waals surface area contributed by atoms with E-state index in [4.69, 9.17) is 5.73 Å². The summed E-state index contributed by atoms with van der Waals surface area (Å²) < 4.78 is 12.7. The molecule has 3 N–H and O–H groups in total. The van der Waals surface area contributed by atoms with Crippen molar-refractivity contribution in [2.75, 3.05) is 12.4 Å². The summed E-state index contributed by atoms with van der Waals surface area (Å²) in [6.07, 6.45) is 0. The molecule has 1 aromatic carbocycles. The molecule has 60 valence electrons. The van der Waals surface area contributed by atoms with E-state index in [0.717, 1.165) is 11.3 Å². The molecule has 0 aliphatic rings. The molecule has 0 heterocycles. The number of nitrogens with one attached hydrogen (secondary N) is 1. The van der Waals surface area contributed by atoms with Crippen LogP contribution >= 0.6 is 0 Å². The van der Waals surface area contributed by atoms with Crippen LogP contribution in [0.3, 0.4) is 0 Å². The minimum atomic E-state index is -0.252. The van der Waals surface area contributed by atoms with Crippen LogP contribution in [0.4, 0.5) is 10.1 Å². The molecule has 0 saturated heterocycles.